The number of nitrogens with one attached hydrogen (secondary N) is 1. The average molecular weight is 602 g/mol. The third kappa shape index (κ3) is 6.75. The van der Waals surface area contributed by atoms with E-state index in [-0.39, 0.29) is 11.6 Å². The van der Waals surface area contributed by atoms with Crippen molar-refractivity contribution in [1.82, 2.24) is 18.8 Å². The largest absolute Gasteiger partial charge is 0.378 e. The van der Waals surface area contributed by atoms with Crippen LogP contribution in [0.4, 0.5) is 17.2 Å². The Kier molecular flexibility index (Phi) is 9.46. The molecule has 0 aliphatic carbocycles. The summed E-state index contributed by atoms with van der Waals surface area (Å²) in [6, 6.07) is 9.84. The lowest BCUT2D eigenvalue weighted by atomic mass is 10.0. The second-order valence-corrected chi connectivity index (χ2v) is 13.0. The highest BCUT2D eigenvalue weighted by Crippen LogP contribution is 2.26. The molecule has 43 heavy (non-hydrogen) atoms. The van der Waals surface area contributed by atoms with Crippen molar-refractivity contribution in [3.05, 3.63) is 81.5 Å². The van der Waals surface area contributed by atoms with Crippen LogP contribution in [0.2, 0.25) is 0 Å². The van der Waals surface area contributed by atoms with Gasteiger partial charge in [0.1, 0.15) is 22.6 Å². The molecule has 3 aromatic rings. The molecule has 228 valence electrons. The van der Waals surface area contributed by atoms with Crippen LogP contribution >= 0.6 is 0 Å². The van der Waals surface area contributed by atoms with Crippen molar-refractivity contribution < 1.29 is 4.21 Å². The lowest BCUT2D eigenvalue weighted by molar-refractivity contribution is 0.328. The zero-order valence-corrected chi connectivity index (χ0v) is 26.8. The van der Waals surface area contributed by atoms with Crippen molar-refractivity contribution in [2.75, 3.05) is 54.4 Å². The molecule has 2 fully saturated rings. The number of hydrogen-bond donors (Lipinski definition) is 1. The summed E-state index contributed by atoms with van der Waals surface area (Å²) in [7, 11) is 0.652. The first-order chi connectivity index (χ1) is 20.6. The normalized spacial score (nSPS) is 18.5. The van der Waals surface area contributed by atoms with Crippen molar-refractivity contribution in [3.63, 3.8) is 0 Å². The van der Waals surface area contributed by atoms with Crippen molar-refractivity contribution in [2.24, 2.45) is 7.05 Å². The molecule has 5 rings (SSSR count). The maximum atomic E-state index is 13.9. The van der Waals surface area contributed by atoms with Crippen molar-refractivity contribution in [3.8, 4) is 0 Å². The Balaban J connectivity index is 1.51. The van der Waals surface area contributed by atoms with Crippen LogP contribution in [0, 0.1) is 6.92 Å². The minimum Gasteiger partial charge on any atom is -0.378 e. The lowest BCUT2D eigenvalue weighted by Crippen LogP contribution is -2.48. The fourth-order valence-electron chi connectivity index (χ4n) is 5.58. The maximum Gasteiger partial charge on any atom is 0.259 e. The third-order valence-corrected chi connectivity index (χ3v) is 9.92. The molecule has 2 aromatic heterocycles. The highest BCUT2D eigenvalue weighted by atomic mass is 32.2. The van der Waals surface area contributed by atoms with E-state index in [9.17, 15) is 9.00 Å². The summed E-state index contributed by atoms with van der Waals surface area (Å²) in [6.45, 7) is 17.1. The molecule has 1 aromatic carbocycles. The summed E-state index contributed by atoms with van der Waals surface area (Å²) in [5.41, 5.74) is 3.67. The minimum absolute atomic E-state index is 0.0469. The highest BCUT2D eigenvalue weighted by Gasteiger charge is 2.24. The van der Waals surface area contributed by atoms with E-state index in [1.54, 1.807) is 4.57 Å². The van der Waals surface area contributed by atoms with Crippen LogP contribution in [0.3, 0.4) is 0 Å². The Morgan fingerprint density at radius 1 is 1.02 bits per heavy atom. The summed E-state index contributed by atoms with van der Waals surface area (Å²) in [5.74, 6) is 1.66. The topological polar surface area (TPSA) is 86.6 Å². The number of rotatable bonds is 8. The first kappa shape index (κ1) is 30.7. The van der Waals surface area contributed by atoms with E-state index in [0.717, 1.165) is 96.4 Å². The number of nitrogens with zero attached hydrogens (tertiary/aromatic N) is 6. The van der Waals surface area contributed by atoms with Crippen LogP contribution in [-0.4, -0.2) is 68.4 Å². The predicted octanol–water partition coefficient (Wildman–Crippen LogP) is 2.96. The van der Waals surface area contributed by atoms with Gasteiger partial charge in [-0.3, -0.25) is 9.36 Å². The molecule has 0 spiro atoms. The summed E-state index contributed by atoms with van der Waals surface area (Å²) < 4.78 is 17.0. The lowest BCUT2D eigenvalue weighted by Gasteiger charge is -2.30. The molecule has 0 saturated carbocycles. The number of hydrogen-bond acceptors (Lipinski definition) is 7. The summed E-state index contributed by atoms with van der Waals surface area (Å²) in [6.07, 6.45) is 7.68. The van der Waals surface area contributed by atoms with Gasteiger partial charge in [-0.25, -0.2) is 18.5 Å². The monoisotopic (exact) mass is 601 g/mol. The van der Waals surface area contributed by atoms with Gasteiger partial charge in [-0.05, 0) is 75.6 Å². The van der Waals surface area contributed by atoms with Gasteiger partial charge >= 0.3 is 0 Å². The number of benzene rings is 1. The molecule has 0 amide bonds. The van der Waals surface area contributed by atoms with Gasteiger partial charge in [0.05, 0.1) is 28.7 Å². The number of allylic oxidation sites excluding steroid dienone is 1. The van der Waals surface area contributed by atoms with Crippen molar-refractivity contribution in [2.45, 2.75) is 51.5 Å². The summed E-state index contributed by atoms with van der Waals surface area (Å²) in [5, 5.41) is 5.14. The van der Waals surface area contributed by atoms with Gasteiger partial charge in [0.15, 0.2) is 0 Å². The molecule has 2 atom stereocenters. The zero-order chi connectivity index (χ0) is 30.7. The number of pyridine rings is 1. The molecule has 1 N–H and O–H groups in total. The molecule has 9 nitrogen and oxygen atoms in total. The van der Waals surface area contributed by atoms with E-state index in [1.807, 2.05) is 67.9 Å². The van der Waals surface area contributed by atoms with E-state index >= 15 is 0 Å². The van der Waals surface area contributed by atoms with Crippen LogP contribution in [0.25, 0.3) is 11.6 Å². The molecular formula is C33H43N7O2S. The van der Waals surface area contributed by atoms with Gasteiger partial charge < -0.3 is 15.1 Å². The average Bonchev–Trinajstić information content (AvgIpc) is 3.21. The molecule has 2 aliphatic heterocycles. The second-order valence-electron chi connectivity index (χ2n) is 11.6. The van der Waals surface area contributed by atoms with E-state index in [1.165, 1.54) is 0 Å². The molecule has 1 unspecified atom stereocenters. The van der Waals surface area contributed by atoms with E-state index in [4.69, 9.17) is 0 Å². The van der Waals surface area contributed by atoms with Crippen LogP contribution < -0.4 is 31.1 Å². The molecule has 0 radical (unpaired) electrons. The first-order valence-electron chi connectivity index (χ1n) is 15.0. The van der Waals surface area contributed by atoms with E-state index in [0.29, 0.717) is 5.22 Å². The van der Waals surface area contributed by atoms with Crippen LogP contribution in [-0.2, 0) is 18.0 Å². The van der Waals surface area contributed by atoms with Crippen LogP contribution in [0.5, 0.6) is 0 Å². The Hall–Kier alpha value is -3.76. The Labute approximate surface area is 256 Å². The van der Waals surface area contributed by atoms with Gasteiger partial charge in [-0.1, -0.05) is 24.3 Å². The van der Waals surface area contributed by atoms with Crippen molar-refractivity contribution >= 4 is 39.8 Å². The molecule has 4 heterocycles. The third-order valence-electron chi connectivity index (χ3n) is 8.36. The number of para-hydroxylation sites is 1. The SMILES string of the molecule is C=C(C)/C=c1/c(=O)n(C)c(N2CCCN(c3cnc(C)nc3)CC2)c/c1=C(/C)[C@@H](C)Nc1ccccc1S(=O)N1CCC1. The van der Waals surface area contributed by atoms with Gasteiger partial charge in [-0.15, -0.1) is 0 Å². The summed E-state index contributed by atoms with van der Waals surface area (Å²) in [4.78, 5) is 28.1. The Morgan fingerprint density at radius 2 is 1.67 bits per heavy atom. The Bertz CT molecular complexity index is 1700. The standard InChI is InChI=1S/C33H43N7O2S/c1-23(2)19-29-28(24(3)25(4)36-30-11-7-8-12-31(30)43(42)40-15-10-16-40)20-32(37(6)33(29)41)39-14-9-13-38(17-18-39)27-21-34-26(5)35-22-27/h7-8,11-12,19-22,25,36H,1,9-10,13-18H2,2-6H3/b28-24+,29-19+/t25-,43?/m1/s1. The molecule has 2 aliphatic rings. The zero-order valence-electron chi connectivity index (χ0n) is 26.0. The number of aromatic nitrogens is 3. The van der Waals surface area contributed by atoms with Gasteiger partial charge in [0.25, 0.3) is 5.56 Å². The Morgan fingerprint density at radius 3 is 2.35 bits per heavy atom. The minimum atomic E-state index is -1.20. The fraction of sp³-hybridized carbons (Fsp3) is 0.424. The number of aryl methyl sites for hydroxylation is 1. The van der Waals surface area contributed by atoms with Gasteiger partial charge in [0, 0.05) is 57.6 Å². The smallest absolute Gasteiger partial charge is 0.259 e. The number of anilines is 3. The molecule has 10 heteroatoms. The second kappa shape index (κ2) is 13.3. The molecule has 2 saturated heterocycles. The highest BCUT2D eigenvalue weighted by molar-refractivity contribution is 7.82. The predicted molar refractivity (Wildman–Crippen MR) is 177 cm³/mol. The van der Waals surface area contributed by atoms with Crippen LogP contribution in [0.15, 0.2) is 64.6 Å². The van der Waals surface area contributed by atoms with Gasteiger partial charge in [-0.2, -0.15) is 0 Å². The fourth-order valence-corrected chi connectivity index (χ4v) is 6.96. The van der Waals surface area contributed by atoms with Gasteiger partial charge in [0.2, 0.25) is 0 Å². The molecular weight excluding hydrogens is 558 g/mol. The maximum absolute atomic E-state index is 13.9. The first-order valence-corrected chi connectivity index (χ1v) is 16.1. The molecule has 0 bridgehead atoms. The van der Waals surface area contributed by atoms with Crippen LogP contribution in [0.1, 0.15) is 39.4 Å². The van der Waals surface area contributed by atoms with Crippen molar-refractivity contribution in [1.29, 1.82) is 0 Å². The van der Waals surface area contributed by atoms with E-state index in [2.05, 4.69) is 51.6 Å². The summed E-state index contributed by atoms with van der Waals surface area (Å²) >= 11 is 0. The quantitative estimate of drug-likeness (QED) is 0.425. The van der Waals surface area contributed by atoms with E-state index < -0.39 is 11.0 Å².